The Morgan fingerprint density at radius 3 is 2.73 bits per heavy atom. The van der Waals surface area contributed by atoms with Gasteiger partial charge in [0.25, 0.3) is 0 Å². The highest BCUT2D eigenvalue weighted by molar-refractivity contribution is 5.13. The van der Waals surface area contributed by atoms with Crippen LogP contribution in [0.5, 0.6) is 0 Å². The van der Waals surface area contributed by atoms with Gasteiger partial charge >= 0.3 is 0 Å². The van der Waals surface area contributed by atoms with Crippen molar-refractivity contribution >= 4 is 0 Å². The third kappa shape index (κ3) is 5.13. The van der Waals surface area contributed by atoms with Gasteiger partial charge in [0.05, 0.1) is 19.3 Å². The van der Waals surface area contributed by atoms with Crippen LogP contribution in [-0.2, 0) is 30.3 Å². The van der Waals surface area contributed by atoms with E-state index < -0.39 is 0 Å². The lowest BCUT2D eigenvalue weighted by atomic mass is 10.0. The Balaban J connectivity index is 1.56. The molecule has 0 radical (unpaired) electrons. The van der Waals surface area contributed by atoms with Gasteiger partial charge in [0.1, 0.15) is 31.2 Å². The molecule has 0 amide bonds. The van der Waals surface area contributed by atoms with Crippen LogP contribution in [-0.4, -0.2) is 62.7 Å². The lowest BCUT2D eigenvalue weighted by Crippen LogP contribution is -2.42. The molecule has 1 aromatic rings. The zero-order valence-electron chi connectivity index (χ0n) is 15.2. The summed E-state index contributed by atoms with van der Waals surface area (Å²) in [7, 11) is 1.60. The number of fused-ring (bicyclic) bond motifs is 1. The number of hydrogen-bond donors (Lipinski definition) is 1. The molecule has 3 rings (SSSR count). The van der Waals surface area contributed by atoms with Gasteiger partial charge in [-0.3, -0.25) is 0 Å². The average Bonchev–Trinajstić information content (AvgIpc) is 3.02. The molecular formula is C20H28O6. The van der Waals surface area contributed by atoms with Crippen LogP contribution < -0.4 is 0 Å². The number of aliphatic hydroxyl groups excluding tert-OH is 1. The van der Waals surface area contributed by atoms with Crippen LogP contribution in [0.4, 0.5) is 0 Å². The minimum atomic E-state index is -0.253. The molecule has 2 heterocycles. The summed E-state index contributed by atoms with van der Waals surface area (Å²) >= 11 is 0. The molecule has 0 aliphatic carbocycles. The Kier molecular flexibility index (Phi) is 7.61. The van der Waals surface area contributed by atoms with Crippen molar-refractivity contribution in [1.82, 2.24) is 0 Å². The summed E-state index contributed by atoms with van der Waals surface area (Å²) in [5.74, 6) is 0. The molecule has 0 aromatic heterocycles. The summed E-state index contributed by atoms with van der Waals surface area (Å²) in [6.07, 6.45) is 4.71. The predicted octanol–water partition coefficient (Wildman–Crippen LogP) is 2.06. The third-order valence-electron chi connectivity index (χ3n) is 4.61. The Morgan fingerprint density at radius 1 is 1.12 bits per heavy atom. The third-order valence-corrected chi connectivity index (χ3v) is 4.61. The zero-order chi connectivity index (χ0) is 18.2. The molecule has 5 atom stereocenters. The van der Waals surface area contributed by atoms with Gasteiger partial charge in [-0.25, -0.2) is 0 Å². The lowest BCUT2D eigenvalue weighted by molar-refractivity contribution is -0.141. The van der Waals surface area contributed by atoms with Crippen molar-refractivity contribution in [2.24, 2.45) is 0 Å². The fraction of sp³-hybridized carbons (Fsp3) is 0.600. The highest BCUT2D eigenvalue weighted by Gasteiger charge is 2.47. The second kappa shape index (κ2) is 10.2. The molecule has 1 N–H and O–H groups in total. The van der Waals surface area contributed by atoms with E-state index in [1.165, 1.54) is 0 Å². The van der Waals surface area contributed by atoms with Crippen molar-refractivity contribution in [1.29, 1.82) is 0 Å². The first-order valence-corrected chi connectivity index (χ1v) is 9.14. The van der Waals surface area contributed by atoms with Gasteiger partial charge in [0.15, 0.2) is 0 Å². The topological polar surface area (TPSA) is 66.4 Å². The predicted molar refractivity (Wildman–Crippen MR) is 95.6 cm³/mol. The van der Waals surface area contributed by atoms with Crippen LogP contribution in [0.2, 0.25) is 0 Å². The maximum absolute atomic E-state index is 9.02. The zero-order valence-corrected chi connectivity index (χ0v) is 15.2. The summed E-state index contributed by atoms with van der Waals surface area (Å²) in [4.78, 5) is 0. The molecule has 0 bridgehead atoms. The van der Waals surface area contributed by atoms with Gasteiger partial charge in [-0.2, -0.15) is 0 Å². The SMILES string of the molecule is COCO[C@@H]1[C@@H]2O[C@@H](CCCO)C=C[C@@H]2O[C@@H]1COCc1ccccc1. The summed E-state index contributed by atoms with van der Waals surface area (Å²) in [5.41, 5.74) is 1.12. The normalized spacial score (nSPS) is 30.5. The largest absolute Gasteiger partial charge is 0.396 e. The second-order valence-corrected chi connectivity index (χ2v) is 6.57. The molecule has 1 fully saturated rings. The molecule has 1 saturated heterocycles. The number of rotatable bonds is 10. The van der Waals surface area contributed by atoms with E-state index in [-0.39, 0.29) is 43.9 Å². The molecule has 0 saturated carbocycles. The van der Waals surface area contributed by atoms with Gasteiger partial charge in [-0.05, 0) is 18.4 Å². The maximum atomic E-state index is 9.02. The molecule has 6 nitrogen and oxygen atoms in total. The summed E-state index contributed by atoms with van der Waals surface area (Å²) in [6.45, 7) is 1.30. The first kappa shape index (κ1) is 19.5. The lowest BCUT2D eigenvalue weighted by Gasteiger charge is -2.30. The van der Waals surface area contributed by atoms with Crippen LogP contribution >= 0.6 is 0 Å². The molecule has 0 spiro atoms. The second-order valence-electron chi connectivity index (χ2n) is 6.57. The molecule has 2 aliphatic rings. The van der Waals surface area contributed by atoms with Crippen molar-refractivity contribution in [3.8, 4) is 0 Å². The van der Waals surface area contributed by atoms with Crippen LogP contribution in [0, 0.1) is 0 Å². The van der Waals surface area contributed by atoms with Crippen LogP contribution in [0.1, 0.15) is 18.4 Å². The van der Waals surface area contributed by atoms with E-state index in [9.17, 15) is 0 Å². The van der Waals surface area contributed by atoms with E-state index in [4.69, 9.17) is 28.8 Å². The first-order chi connectivity index (χ1) is 12.8. The van der Waals surface area contributed by atoms with E-state index in [0.717, 1.165) is 12.0 Å². The summed E-state index contributed by atoms with van der Waals surface area (Å²) in [5, 5.41) is 9.02. The van der Waals surface area contributed by atoms with E-state index in [1.807, 2.05) is 42.5 Å². The Bertz CT molecular complexity index is 548. The average molecular weight is 364 g/mol. The highest BCUT2D eigenvalue weighted by atomic mass is 16.7. The van der Waals surface area contributed by atoms with Gasteiger partial charge in [-0.1, -0.05) is 42.5 Å². The minimum Gasteiger partial charge on any atom is -0.396 e. The molecule has 2 aliphatic heterocycles. The molecule has 0 unspecified atom stereocenters. The van der Waals surface area contributed by atoms with E-state index in [2.05, 4.69) is 0 Å². The van der Waals surface area contributed by atoms with E-state index in [0.29, 0.717) is 19.6 Å². The molecule has 1 aromatic carbocycles. The van der Waals surface area contributed by atoms with Crippen molar-refractivity contribution in [2.45, 2.75) is 50.0 Å². The molecule has 26 heavy (non-hydrogen) atoms. The first-order valence-electron chi connectivity index (χ1n) is 9.14. The van der Waals surface area contributed by atoms with E-state index in [1.54, 1.807) is 7.11 Å². The summed E-state index contributed by atoms with van der Waals surface area (Å²) in [6, 6.07) is 10.0. The standard InChI is InChI=1S/C20H28O6/c1-22-14-24-19-18(13-23-12-15-6-3-2-4-7-15)26-17-10-9-16(8-5-11-21)25-20(17)19/h2-4,6-7,9-10,16-21H,5,8,11-14H2,1H3/t16-,17-,18+,19-,20+/m0/s1. The molecular weight excluding hydrogens is 336 g/mol. The maximum Gasteiger partial charge on any atom is 0.146 e. The smallest absolute Gasteiger partial charge is 0.146 e. The van der Waals surface area contributed by atoms with Gasteiger partial charge in [0, 0.05) is 13.7 Å². The minimum absolute atomic E-state index is 0.0235. The Hall–Kier alpha value is -1.28. The van der Waals surface area contributed by atoms with Crippen molar-refractivity contribution in [2.75, 3.05) is 27.1 Å². The van der Waals surface area contributed by atoms with Crippen molar-refractivity contribution in [3.63, 3.8) is 0 Å². The van der Waals surface area contributed by atoms with Crippen LogP contribution in [0.3, 0.4) is 0 Å². The highest BCUT2D eigenvalue weighted by Crippen LogP contribution is 2.32. The number of benzene rings is 1. The monoisotopic (exact) mass is 364 g/mol. The Labute approximate surface area is 154 Å². The molecule has 6 heteroatoms. The van der Waals surface area contributed by atoms with Gasteiger partial charge in [0.2, 0.25) is 0 Å². The summed E-state index contributed by atoms with van der Waals surface area (Å²) < 4.78 is 29.0. The van der Waals surface area contributed by atoms with E-state index >= 15 is 0 Å². The number of ether oxygens (including phenoxy) is 5. The number of aliphatic hydroxyl groups is 1. The van der Waals surface area contributed by atoms with Crippen LogP contribution in [0.25, 0.3) is 0 Å². The van der Waals surface area contributed by atoms with Gasteiger partial charge < -0.3 is 28.8 Å². The fourth-order valence-electron chi connectivity index (χ4n) is 3.35. The van der Waals surface area contributed by atoms with Gasteiger partial charge in [-0.15, -0.1) is 0 Å². The van der Waals surface area contributed by atoms with Crippen LogP contribution in [0.15, 0.2) is 42.5 Å². The van der Waals surface area contributed by atoms with Crippen molar-refractivity contribution < 1.29 is 28.8 Å². The number of hydrogen-bond acceptors (Lipinski definition) is 6. The van der Waals surface area contributed by atoms with Crippen molar-refractivity contribution in [3.05, 3.63) is 48.0 Å². The Morgan fingerprint density at radius 2 is 1.96 bits per heavy atom. The fourth-order valence-corrected chi connectivity index (χ4v) is 3.35. The quantitative estimate of drug-likeness (QED) is 0.506. The molecule has 144 valence electrons. The number of methoxy groups -OCH3 is 1.